The zero-order valence-electron chi connectivity index (χ0n) is 7.61. The van der Waals surface area contributed by atoms with Crippen molar-refractivity contribution in [3.63, 3.8) is 0 Å². The third-order valence-corrected chi connectivity index (χ3v) is 3.45. The fourth-order valence-electron chi connectivity index (χ4n) is 1.10. The summed E-state index contributed by atoms with van der Waals surface area (Å²) in [5.41, 5.74) is 0. The first-order chi connectivity index (χ1) is 6.75. The molecule has 0 aromatic carbocycles. The van der Waals surface area contributed by atoms with Crippen LogP contribution in [0.25, 0.3) is 0 Å². The van der Waals surface area contributed by atoms with Gasteiger partial charge in [-0.1, -0.05) is 0 Å². The van der Waals surface area contributed by atoms with Crippen LogP contribution in [0.1, 0.15) is 5.82 Å². The van der Waals surface area contributed by atoms with Crippen LogP contribution in [0.4, 0.5) is 5.13 Å². The van der Waals surface area contributed by atoms with E-state index in [0.29, 0.717) is 11.0 Å². The van der Waals surface area contributed by atoms with Crippen LogP contribution in [0.3, 0.4) is 0 Å². The molecular formula is C7H10N4OS2. The van der Waals surface area contributed by atoms with E-state index in [-0.39, 0.29) is 11.9 Å². The number of hydrogen-bond donors (Lipinski definition) is 2. The van der Waals surface area contributed by atoms with Crippen molar-refractivity contribution in [3.05, 3.63) is 5.82 Å². The number of amides is 1. The maximum atomic E-state index is 11.6. The number of aromatic nitrogens is 2. The van der Waals surface area contributed by atoms with Crippen LogP contribution in [-0.2, 0) is 4.79 Å². The summed E-state index contributed by atoms with van der Waals surface area (Å²) in [4.78, 5) is 15.6. The van der Waals surface area contributed by atoms with Gasteiger partial charge in [-0.3, -0.25) is 15.4 Å². The topological polar surface area (TPSA) is 66.9 Å². The summed E-state index contributed by atoms with van der Waals surface area (Å²) in [5.74, 6) is 2.34. The van der Waals surface area contributed by atoms with Gasteiger partial charge < -0.3 is 0 Å². The second-order valence-electron chi connectivity index (χ2n) is 2.91. The lowest BCUT2D eigenvalue weighted by atomic mass is 10.3. The van der Waals surface area contributed by atoms with Crippen LogP contribution < -0.4 is 10.6 Å². The molecule has 1 amide bonds. The van der Waals surface area contributed by atoms with Crippen molar-refractivity contribution in [1.82, 2.24) is 14.7 Å². The van der Waals surface area contributed by atoms with E-state index in [1.54, 1.807) is 18.7 Å². The van der Waals surface area contributed by atoms with Crippen molar-refractivity contribution >= 4 is 34.3 Å². The van der Waals surface area contributed by atoms with E-state index in [1.165, 1.54) is 11.5 Å². The predicted molar refractivity (Wildman–Crippen MR) is 57.5 cm³/mol. The highest BCUT2D eigenvalue weighted by Gasteiger charge is 2.23. The quantitative estimate of drug-likeness (QED) is 0.772. The summed E-state index contributed by atoms with van der Waals surface area (Å²) >= 11 is 2.93. The average molecular weight is 230 g/mol. The van der Waals surface area contributed by atoms with Gasteiger partial charge in [0.05, 0.1) is 6.04 Å². The zero-order valence-corrected chi connectivity index (χ0v) is 9.24. The molecule has 0 aliphatic carbocycles. The third kappa shape index (κ3) is 2.23. The van der Waals surface area contributed by atoms with Crippen LogP contribution in [0, 0.1) is 6.92 Å². The van der Waals surface area contributed by atoms with Crippen LogP contribution in [0.15, 0.2) is 0 Å². The number of hydrogen-bond acceptors (Lipinski definition) is 6. The van der Waals surface area contributed by atoms with Crippen molar-refractivity contribution in [2.24, 2.45) is 0 Å². The van der Waals surface area contributed by atoms with Gasteiger partial charge in [-0.05, 0) is 6.92 Å². The van der Waals surface area contributed by atoms with Gasteiger partial charge in [-0.25, -0.2) is 4.98 Å². The summed E-state index contributed by atoms with van der Waals surface area (Å²) in [6.07, 6.45) is 0. The molecule has 1 fully saturated rings. The monoisotopic (exact) mass is 230 g/mol. The van der Waals surface area contributed by atoms with Gasteiger partial charge in [0.15, 0.2) is 0 Å². The molecule has 7 heteroatoms. The van der Waals surface area contributed by atoms with Crippen molar-refractivity contribution in [2.75, 3.05) is 16.9 Å². The molecule has 1 aromatic rings. The summed E-state index contributed by atoms with van der Waals surface area (Å²) in [6, 6.07) is -0.0933. The molecule has 14 heavy (non-hydrogen) atoms. The first kappa shape index (κ1) is 9.88. The third-order valence-electron chi connectivity index (χ3n) is 1.79. The molecule has 1 aliphatic rings. The van der Waals surface area contributed by atoms with Gasteiger partial charge in [-0.15, -0.1) is 11.8 Å². The standard InChI is InChI=1S/C7H10N4OS2/c1-4-9-7(14-11-4)10-6(12)5-2-13-3-8-5/h5,8H,2-3H2,1H3,(H,9,10,11,12). The first-order valence-corrected chi connectivity index (χ1v) is 6.11. The molecule has 2 heterocycles. The average Bonchev–Trinajstić information content (AvgIpc) is 2.75. The van der Waals surface area contributed by atoms with Crippen molar-refractivity contribution in [2.45, 2.75) is 13.0 Å². The van der Waals surface area contributed by atoms with E-state index in [2.05, 4.69) is 20.0 Å². The number of thioether (sulfide) groups is 1. The van der Waals surface area contributed by atoms with E-state index in [1.807, 2.05) is 0 Å². The van der Waals surface area contributed by atoms with E-state index < -0.39 is 0 Å². The fourth-order valence-corrected chi connectivity index (χ4v) is 2.62. The zero-order chi connectivity index (χ0) is 9.97. The lowest BCUT2D eigenvalue weighted by Gasteiger charge is -2.06. The highest BCUT2D eigenvalue weighted by Crippen LogP contribution is 2.14. The fraction of sp³-hybridized carbons (Fsp3) is 0.571. The SMILES string of the molecule is Cc1nsc(NC(=O)C2CSCN2)n1. The number of aryl methyl sites for hydroxylation is 1. The number of carbonyl (C=O) groups is 1. The smallest absolute Gasteiger partial charge is 0.244 e. The molecule has 0 saturated carbocycles. The van der Waals surface area contributed by atoms with Gasteiger partial charge >= 0.3 is 0 Å². The normalized spacial score (nSPS) is 21.1. The predicted octanol–water partition coefficient (Wildman–Crippen LogP) is 0.448. The maximum Gasteiger partial charge on any atom is 0.244 e. The van der Waals surface area contributed by atoms with E-state index in [9.17, 15) is 4.79 Å². The summed E-state index contributed by atoms with van der Waals surface area (Å²) < 4.78 is 3.99. The minimum Gasteiger partial charge on any atom is -0.299 e. The lowest BCUT2D eigenvalue weighted by Crippen LogP contribution is -2.37. The Balaban J connectivity index is 1.93. The van der Waals surface area contributed by atoms with Crippen molar-refractivity contribution in [1.29, 1.82) is 0 Å². The van der Waals surface area contributed by atoms with Crippen LogP contribution in [0.2, 0.25) is 0 Å². The Morgan fingerprint density at radius 1 is 1.71 bits per heavy atom. The molecule has 2 N–H and O–H groups in total. The molecule has 1 unspecified atom stereocenters. The number of anilines is 1. The van der Waals surface area contributed by atoms with Gasteiger partial charge in [0.1, 0.15) is 5.82 Å². The lowest BCUT2D eigenvalue weighted by molar-refractivity contribution is -0.117. The Labute approximate surface area is 89.9 Å². The first-order valence-electron chi connectivity index (χ1n) is 4.18. The summed E-state index contributed by atoms with van der Waals surface area (Å²) in [7, 11) is 0. The van der Waals surface area contributed by atoms with E-state index in [4.69, 9.17) is 0 Å². The van der Waals surface area contributed by atoms with Crippen molar-refractivity contribution < 1.29 is 4.79 Å². The molecular weight excluding hydrogens is 220 g/mol. The molecule has 0 radical (unpaired) electrons. The number of rotatable bonds is 2. The molecule has 1 aromatic heterocycles. The Bertz CT molecular complexity index is 334. The molecule has 1 atom stereocenters. The summed E-state index contributed by atoms with van der Waals surface area (Å²) in [6.45, 7) is 1.80. The second-order valence-corrected chi connectivity index (χ2v) is 4.69. The minimum atomic E-state index is -0.0933. The molecule has 0 spiro atoms. The van der Waals surface area contributed by atoms with E-state index >= 15 is 0 Å². The Hall–Kier alpha value is -0.660. The van der Waals surface area contributed by atoms with Gasteiger partial charge in [0.2, 0.25) is 11.0 Å². The molecule has 5 nitrogen and oxygen atoms in total. The molecule has 0 bridgehead atoms. The van der Waals surface area contributed by atoms with Crippen LogP contribution >= 0.6 is 23.3 Å². The largest absolute Gasteiger partial charge is 0.299 e. The minimum absolute atomic E-state index is 0.0221. The van der Waals surface area contributed by atoms with Gasteiger partial charge in [0.25, 0.3) is 0 Å². The van der Waals surface area contributed by atoms with Crippen molar-refractivity contribution in [3.8, 4) is 0 Å². The molecule has 2 rings (SSSR count). The number of nitrogens with zero attached hydrogens (tertiary/aromatic N) is 2. The Morgan fingerprint density at radius 2 is 2.57 bits per heavy atom. The highest BCUT2D eigenvalue weighted by atomic mass is 32.2. The maximum absolute atomic E-state index is 11.6. The second kappa shape index (κ2) is 4.24. The Morgan fingerprint density at radius 3 is 3.14 bits per heavy atom. The summed E-state index contributed by atoms with van der Waals surface area (Å²) in [5, 5.41) is 6.40. The van der Waals surface area contributed by atoms with Crippen LogP contribution in [0.5, 0.6) is 0 Å². The molecule has 1 aliphatic heterocycles. The number of carbonyl (C=O) groups excluding carboxylic acids is 1. The molecule has 1 saturated heterocycles. The van der Waals surface area contributed by atoms with E-state index in [0.717, 1.165) is 11.6 Å². The number of nitrogens with one attached hydrogen (secondary N) is 2. The molecule has 76 valence electrons. The van der Waals surface area contributed by atoms with Gasteiger partial charge in [0, 0.05) is 23.2 Å². The van der Waals surface area contributed by atoms with Crippen LogP contribution in [-0.4, -0.2) is 32.9 Å². The Kier molecular flexibility index (Phi) is 2.99. The highest BCUT2D eigenvalue weighted by molar-refractivity contribution is 7.99. The van der Waals surface area contributed by atoms with Gasteiger partial charge in [-0.2, -0.15) is 4.37 Å².